The van der Waals surface area contributed by atoms with Crippen LogP contribution in [0, 0.1) is 0 Å². The van der Waals surface area contributed by atoms with Crippen LogP contribution in [0.1, 0.15) is 103 Å². The molecule has 24 heavy (non-hydrogen) atoms. The van der Waals surface area contributed by atoms with Gasteiger partial charge < -0.3 is 4.74 Å². The molecule has 0 aromatic rings. The van der Waals surface area contributed by atoms with Crippen molar-refractivity contribution >= 4 is 5.97 Å². The molecular weight excluding hydrogens is 296 g/mol. The van der Waals surface area contributed by atoms with Gasteiger partial charge in [0, 0.05) is 6.08 Å². The van der Waals surface area contributed by atoms with Crippen LogP contribution in [0.2, 0.25) is 0 Å². The number of ether oxygens (including phenoxy) is 1. The van der Waals surface area contributed by atoms with Crippen LogP contribution in [-0.4, -0.2) is 12.6 Å². The van der Waals surface area contributed by atoms with Crippen LogP contribution in [0.5, 0.6) is 0 Å². The minimum absolute atomic E-state index is 0.305. The second kappa shape index (κ2) is 20.0. The van der Waals surface area contributed by atoms with Crippen molar-refractivity contribution in [1.82, 2.24) is 0 Å². The third-order valence-corrected chi connectivity index (χ3v) is 4.32. The summed E-state index contributed by atoms with van der Waals surface area (Å²) in [6.45, 7) is 6.19. The third kappa shape index (κ3) is 19.0. The Morgan fingerprint density at radius 3 is 1.71 bits per heavy atom. The Kier molecular flexibility index (Phi) is 19.1. The van der Waals surface area contributed by atoms with Crippen molar-refractivity contribution < 1.29 is 9.53 Å². The van der Waals surface area contributed by atoms with E-state index in [4.69, 9.17) is 4.74 Å². The maximum atomic E-state index is 10.8. The molecule has 0 bridgehead atoms. The topological polar surface area (TPSA) is 26.3 Å². The SMILES string of the molecule is C=CC(=O)OCCCCCCCCCC/C=C/CCCCCCC. The summed E-state index contributed by atoms with van der Waals surface area (Å²) in [6, 6.07) is 0. The van der Waals surface area contributed by atoms with Gasteiger partial charge in [-0.05, 0) is 32.1 Å². The van der Waals surface area contributed by atoms with Crippen LogP contribution in [-0.2, 0) is 9.53 Å². The van der Waals surface area contributed by atoms with Gasteiger partial charge in [-0.15, -0.1) is 0 Å². The Balaban J connectivity index is 3.09. The Morgan fingerprint density at radius 1 is 0.750 bits per heavy atom. The van der Waals surface area contributed by atoms with Crippen molar-refractivity contribution in [1.29, 1.82) is 0 Å². The van der Waals surface area contributed by atoms with E-state index in [1.54, 1.807) is 0 Å². The van der Waals surface area contributed by atoms with Crippen LogP contribution in [0.3, 0.4) is 0 Å². The van der Waals surface area contributed by atoms with E-state index in [0.29, 0.717) is 6.61 Å². The molecule has 0 radical (unpaired) electrons. The normalized spacial score (nSPS) is 11.0. The second-order valence-corrected chi connectivity index (χ2v) is 6.66. The summed E-state index contributed by atoms with van der Waals surface area (Å²) in [5.41, 5.74) is 0. The average molecular weight is 337 g/mol. The van der Waals surface area contributed by atoms with Crippen LogP contribution >= 0.6 is 0 Å². The predicted octanol–water partition coefficient (Wildman–Crippen LogP) is 7.14. The minimum atomic E-state index is -0.305. The highest BCUT2D eigenvalue weighted by Crippen LogP contribution is 2.11. The lowest BCUT2D eigenvalue weighted by atomic mass is 10.1. The van der Waals surface area contributed by atoms with E-state index in [2.05, 4.69) is 25.7 Å². The van der Waals surface area contributed by atoms with E-state index >= 15 is 0 Å². The first-order valence-corrected chi connectivity index (χ1v) is 10.3. The summed E-state index contributed by atoms with van der Waals surface area (Å²) in [5.74, 6) is -0.305. The molecule has 2 heteroatoms. The number of unbranched alkanes of at least 4 members (excludes halogenated alkanes) is 13. The Labute approximate surface area is 150 Å². The first kappa shape index (κ1) is 22.9. The molecule has 0 saturated carbocycles. The van der Waals surface area contributed by atoms with Crippen molar-refractivity contribution in [2.45, 2.75) is 103 Å². The van der Waals surface area contributed by atoms with E-state index in [0.717, 1.165) is 12.8 Å². The molecular formula is C22H40O2. The van der Waals surface area contributed by atoms with Crippen LogP contribution in [0.4, 0.5) is 0 Å². The van der Waals surface area contributed by atoms with Gasteiger partial charge in [0.25, 0.3) is 0 Å². The molecule has 0 unspecified atom stereocenters. The molecule has 0 aromatic carbocycles. The first-order chi connectivity index (χ1) is 11.8. The molecule has 0 saturated heterocycles. The van der Waals surface area contributed by atoms with Crippen LogP contribution in [0.25, 0.3) is 0 Å². The van der Waals surface area contributed by atoms with Gasteiger partial charge in [0.2, 0.25) is 0 Å². The number of esters is 1. The zero-order valence-electron chi connectivity index (χ0n) is 16.1. The van der Waals surface area contributed by atoms with E-state index in [-0.39, 0.29) is 5.97 Å². The molecule has 0 aliphatic carbocycles. The highest BCUT2D eigenvalue weighted by molar-refractivity contribution is 5.81. The maximum Gasteiger partial charge on any atom is 0.330 e. The Bertz CT molecular complexity index is 307. The molecule has 0 aromatic heterocycles. The number of carbonyl (C=O) groups excluding carboxylic acids is 1. The molecule has 0 heterocycles. The lowest BCUT2D eigenvalue weighted by Gasteiger charge is -2.03. The van der Waals surface area contributed by atoms with E-state index in [1.807, 2.05) is 0 Å². The minimum Gasteiger partial charge on any atom is -0.463 e. The van der Waals surface area contributed by atoms with Crippen LogP contribution in [0.15, 0.2) is 24.8 Å². The Hall–Kier alpha value is -1.05. The third-order valence-electron chi connectivity index (χ3n) is 4.32. The summed E-state index contributed by atoms with van der Waals surface area (Å²) in [4.78, 5) is 10.8. The monoisotopic (exact) mass is 336 g/mol. The molecule has 0 aliphatic rings. The van der Waals surface area contributed by atoms with Crippen molar-refractivity contribution in [3.8, 4) is 0 Å². The van der Waals surface area contributed by atoms with Gasteiger partial charge >= 0.3 is 5.97 Å². The van der Waals surface area contributed by atoms with E-state index in [9.17, 15) is 4.79 Å². The lowest BCUT2D eigenvalue weighted by Crippen LogP contribution is -2.01. The van der Waals surface area contributed by atoms with Gasteiger partial charge in [-0.3, -0.25) is 0 Å². The quantitative estimate of drug-likeness (QED) is 0.115. The Morgan fingerprint density at radius 2 is 1.21 bits per heavy atom. The van der Waals surface area contributed by atoms with Gasteiger partial charge in [-0.25, -0.2) is 4.79 Å². The molecule has 0 aliphatic heterocycles. The summed E-state index contributed by atoms with van der Waals surface area (Å²) in [5, 5.41) is 0. The molecule has 0 spiro atoms. The van der Waals surface area contributed by atoms with Gasteiger partial charge in [0.1, 0.15) is 0 Å². The number of rotatable bonds is 18. The fourth-order valence-electron chi connectivity index (χ4n) is 2.76. The molecule has 0 fully saturated rings. The summed E-state index contributed by atoms with van der Waals surface area (Å²) in [7, 11) is 0. The van der Waals surface area contributed by atoms with E-state index < -0.39 is 0 Å². The summed E-state index contributed by atoms with van der Waals surface area (Å²) < 4.78 is 4.95. The zero-order chi connectivity index (χ0) is 17.7. The smallest absolute Gasteiger partial charge is 0.330 e. The largest absolute Gasteiger partial charge is 0.463 e. The predicted molar refractivity (Wildman–Crippen MR) is 105 cm³/mol. The van der Waals surface area contributed by atoms with Gasteiger partial charge in [-0.2, -0.15) is 0 Å². The fraction of sp³-hybridized carbons (Fsp3) is 0.773. The number of allylic oxidation sites excluding steroid dienone is 2. The van der Waals surface area contributed by atoms with Gasteiger partial charge in [0.05, 0.1) is 6.61 Å². The average Bonchev–Trinajstić information content (AvgIpc) is 2.60. The molecule has 0 N–H and O–H groups in total. The number of carbonyl (C=O) groups is 1. The zero-order valence-corrected chi connectivity index (χ0v) is 16.1. The van der Waals surface area contributed by atoms with Crippen LogP contribution < -0.4 is 0 Å². The maximum absolute atomic E-state index is 10.8. The standard InChI is InChI=1S/C22H40O2/c1-3-5-6-7-8-9-10-11-12-13-14-15-16-17-18-19-20-21-24-22(23)4-2/h4,10-11H,2-3,5-9,12-21H2,1H3/b11-10+. The number of hydrogen-bond acceptors (Lipinski definition) is 2. The molecule has 140 valence electrons. The van der Waals surface area contributed by atoms with Gasteiger partial charge in [0.15, 0.2) is 0 Å². The molecule has 0 rings (SSSR count). The number of hydrogen-bond donors (Lipinski definition) is 0. The first-order valence-electron chi connectivity index (χ1n) is 10.3. The lowest BCUT2D eigenvalue weighted by molar-refractivity contribution is -0.137. The molecule has 0 amide bonds. The van der Waals surface area contributed by atoms with E-state index in [1.165, 1.54) is 89.5 Å². The highest BCUT2D eigenvalue weighted by Gasteiger charge is 1.95. The summed E-state index contributed by atoms with van der Waals surface area (Å²) in [6.07, 6.45) is 25.5. The summed E-state index contributed by atoms with van der Waals surface area (Å²) >= 11 is 0. The molecule has 2 nitrogen and oxygen atoms in total. The van der Waals surface area contributed by atoms with Gasteiger partial charge in [-0.1, -0.05) is 89.9 Å². The van der Waals surface area contributed by atoms with Crippen molar-refractivity contribution in [2.24, 2.45) is 0 Å². The highest BCUT2D eigenvalue weighted by atomic mass is 16.5. The van der Waals surface area contributed by atoms with Crippen molar-refractivity contribution in [2.75, 3.05) is 6.61 Å². The molecule has 0 atom stereocenters. The van der Waals surface area contributed by atoms with Crippen molar-refractivity contribution in [3.63, 3.8) is 0 Å². The fourth-order valence-corrected chi connectivity index (χ4v) is 2.76. The second-order valence-electron chi connectivity index (χ2n) is 6.66. The van der Waals surface area contributed by atoms with Crippen molar-refractivity contribution in [3.05, 3.63) is 24.8 Å².